The van der Waals surface area contributed by atoms with Crippen LogP contribution in [0.2, 0.25) is 0 Å². The van der Waals surface area contributed by atoms with Gasteiger partial charge >= 0.3 is 0 Å². The van der Waals surface area contributed by atoms with Crippen LogP contribution in [-0.2, 0) is 10.0 Å². The van der Waals surface area contributed by atoms with Gasteiger partial charge in [0.15, 0.2) is 0 Å². The van der Waals surface area contributed by atoms with E-state index >= 15 is 0 Å². The van der Waals surface area contributed by atoms with Crippen LogP contribution in [0.3, 0.4) is 0 Å². The topological polar surface area (TPSA) is 66.4 Å². The van der Waals surface area contributed by atoms with Crippen molar-refractivity contribution in [2.75, 3.05) is 6.61 Å². The van der Waals surface area contributed by atoms with Crippen molar-refractivity contribution in [2.24, 2.45) is 0 Å². The molecule has 20 heavy (non-hydrogen) atoms. The fourth-order valence-corrected chi connectivity index (χ4v) is 3.21. The number of halogens is 1. The average Bonchev–Trinajstić information content (AvgIpc) is 3.05. The Morgan fingerprint density at radius 3 is 2.70 bits per heavy atom. The molecular weight excluding hydrogens is 281 g/mol. The number of hydrogen-bond acceptors (Lipinski definition) is 3. The van der Waals surface area contributed by atoms with E-state index in [0.29, 0.717) is 12.0 Å². The molecule has 2 N–H and O–H groups in total. The monoisotopic (exact) mass is 297 g/mol. The van der Waals surface area contributed by atoms with E-state index in [9.17, 15) is 12.8 Å². The summed E-state index contributed by atoms with van der Waals surface area (Å²) in [4.78, 5) is -0.363. The Morgan fingerprint density at radius 2 is 2.15 bits per heavy atom. The van der Waals surface area contributed by atoms with Crippen LogP contribution in [0, 0.1) is 17.7 Å². The molecule has 1 aliphatic rings. The second kappa shape index (κ2) is 5.52. The van der Waals surface area contributed by atoms with Crippen LogP contribution in [-0.4, -0.2) is 25.7 Å². The summed E-state index contributed by atoms with van der Waals surface area (Å²) in [5.41, 5.74) is -0.0576. The molecular formula is C14H16FNO3S. The molecule has 0 unspecified atom stereocenters. The molecule has 4 nitrogen and oxygen atoms in total. The van der Waals surface area contributed by atoms with Crippen molar-refractivity contribution in [1.29, 1.82) is 0 Å². The van der Waals surface area contributed by atoms with Gasteiger partial charge < -0.3 is 5.11 Å². The molecule has 1 aliphatic carbocycles. The molecule has 0 amide bonds. The van der Waals surface area contributed by atoms with Gasteiger partial charge in [-0.15, -0.1) is 0 Å². The quantitative estimate of drug-likeness (QED) is 0.825. The summed E-state index contributed by atoms with van der Waals surface area (Å²) in [6, 6.07) is 3.76. The first-order chi connectivity index (χ1) is 9.36. The summed E-state index contributed by atoms with van der Waals surface area (Å²) < 4.78 is 40.5. The molecule has 0 saturated heterocycles. The lowest BCUT2D eigenvalue weighted by Crippen LogP contribution is -2.34. The van der Waals surface area contributed by atoms with Gasteiger partial charge in [-0.05, 0) is 38.0 Å². The molecule has 108 valence electrons. The highest BCUT2D eigenvalue weighted by Crippen LogP contribution is 2.36. The minimum Gasteiger partial charge on any atom is -0.395 e. The Bertz CT molecular complexity index is 669. The van der Waals surface area contributed by atoms with Crippen molar-refractivity contribution in [3.05, 3.63) is 29.6 Å². The molecule has 0 aliphatic heterocycles. The van der Waals surface area contributed by atoms with Crippen molar-refractivity contribution in [2.45, 2.75) is 36.6 Å². The van der Waals surface area contributed by atoms with Crippen molar-refractivity contribution in [1.82, 2.24) is 4.72 Å². The molecule has 0 spiro atoms. The third-order valence-corrected chi connectivity index (χ3v) is 4.74. The standard InChI is InChI=1S/C14H16FNO3S/c1-14(7-8-14)16-20(18,19)13-6-5-11(10-12(13)15)4-2-3-9-17/h5-6,10,16-17H,3,7-9H2,1H3. The second-order valence-electron chi connectivity index (χ2n) is 5.09. The number of nitrogens with one attached hydrogen (secondary N) is 1. The Kier molecular flexibility index (Phi) is 4.14. The van der Waals surface area contributed by atoms with Crippen LogP contribution in [0.15, 0.2) is 23.1 Å². The van der Waals surface area contributed by atoms with E-state index in [2.05, 4.69) is 16.6 Å². The molecule has 0 heterocycles. The van der Waals surface area contributed by atoms with Gasteiger partial charge in [-0.2, -0.15) is 0 Å². The molecule has 0 radical (unpaired) electrons. The van der Waals surface area contributed by atoms with Crippen molar-refractivity contribution < 1.29 is 17.9 Å². The molecule has 1 aromatic rings. The summed E-state index contributed by atoms with van der Waals surface area (Å²) in [5, 5.41) is 8.60. The molecule has 0 atom stereocenters. The third-order valence-electron chi connectivity index (χ3n) is 3.07. The summed E-state index contributed by atoms with van der Waals surface area (Å²) in [7, 11) is -3.84. The maximum absolute atomic E-state index is 13.9. The molecule has 1 fully saturated rings. The molecule has 0 bridgehead atoms. The Morgan fingerprint density at radius 1 is 1.45 bits per heavy atom. The number of sulfonamides is 1. The van der Waals surface area contributed by atoms with Gasteiger partial charge in [0.2, 0.25) is 10.0 Å². The highest BCUT2D eigenvalue weighted by molar-refractivity contribution is 7.89. The Labute approximate surface area is 118 Å². The van der Waals surface area contributed by atoms with Gasteiger partial charge in [0.05, 0.1) is 6.61 Å². The summed E-state index contributed by atoms with van der Waals surface area (Å²) >= 11 is 0. The normalized spacial score (nSPS) is 16.4. The van der Waals surface area contributed by atoms with Crippen molar-refractivity contribution in [3.63, 3.8) is 0 Å². The highest BCUT2D eigenvalue weighted by Gasteiger charge is 2.41. The van der Waals surface area contributed by atoms with Gasteiger partial charge in [-0.3, -0.25) is 0 Å². The fourth-order valence-electron chi connectivity index (χ4n) is 1.69. The van der Waals surface area contributed by atoms with E-state index in [-0.39, 0.29) is 11.5 Å². The van der Waals surface area contributed by atoms with E-state index in [0.717, 1.165) is 18.9 Å². The van der Waals surface area contributed by atoms with Crippen LogP contribution in [0.1, 0.15) is 31.7 Å². The van der Waals surface area contributed by atoms with Crippen LogP contribution >= 0.6 is 0 Å². The van der Waals surface area contributed by atoms with Crippen LogP contribution in [0.25, 0.3) is 0 Å². The number of benzene rings is 1. The maximum Gasteiger partial charge on any atom is 0.243 e. The van der Waals surface area contributed by atoms with Gasteiger partial charge in [-0.1, -0.05) is 11.8 Å². The zero-order chi connectivity index (χ0) is 14.8. The van der Waals surface area contributed by atoms with Crippen LogP contribution < -0.4 is 4.72 Å². The first-order valence-electron chi connectivity index (χ1n) is 6.30. The zero-order valence-corrected chi connectivity index (χ0v) is 11.9. The van der Waals surface area contributed by atoms with Gasteiger partial charge in [0, 0.05) is 17.5 Å². The first kappa shape index (κ1) is 15.0. The minimum absolute atomic E-state index is 0.0650. The Balaban J connectivity index is 2.23. The van der Waals surface area contributed by atoms with E-state index in [1.807, 2.05) is 0 Å². The maximum atomic E-state index is 13.9. The number of hydrogen-bond donors (Lipinski definition) is 2. The van der Waals surface area contributed by atoms with Crippen LogP contribution in [0.4, 0.5) is 4.39 Å². The zero-order valence-electron chi connectivity index (χ0n) is 11.1. The van der Waals surface area contributed by atoms with Crippen molar-refractivity contribution in [3.8, 4) is 11.8 Å². The second-order valence-corrected chi connectivity index (χ2v) is 6.74. The Hall–Kier alpha value is -1.42. The predicted octanol–water partition coefficient (Wildman–Crippen LogP) is 1.39. The van der Waals surface area contributed by atoms with E-state index in [1.165, 1.54) is 12.1 Å². The van der Waals surface area contributed by atoms with Gasteiger partial charge in [-0.25, -0.2) is 17.5 Å². The highest BCUT2D eigenvalue weighted by atomic mass is 32.2. The van der Waals surface area contributed by atoms with Crippen molar-refractivity contribution >= 4 is 10.0 Å². The first-order valence-corrected chi connectivity index (χ1v) is 7.78. The molecule has 2 rings (SSSR count). The lowest BCUT2D eigenvalue weighted by molar-refractivity contribution is 0.305. The average molecular weight is 297 g/mol. The predicted molar refractivity (Wildman–Crippen MR) is 72.9 cm³/mol. The van der Waals surface area contributed by atoms with Gasteiger partial charge in [0.1, 0.15) is 10.7 Å². The number of rotatable bonds is 4. The fraction of sp³-hybridized carbons (Fsp3) is 0.429. The SMILES string of the molecule is CC1(NS(=O)(=O)c2ccc(C#CCCO)cc2F)CC1. The lowest BCUT2D eigenvalue weighted by atomic mass is 10.2. The summed E-state index contributed by atoms with van der Waals surface area (Å²) in [6.45, 7) is 1.72. The molecule has 1 aromatic carbocycles. The largest absolute Gasteiger partial charge is 0.395 e. The smallest absolute Gasteiger partial charge is 0.243 e. The molecule has 1 saturated carbocycles. The van der Waals surface area contributed by atoms with E-state index in [1.54, 1.807) is 6.92 Å². The number of aliphatic hydroxyl groups is 1. The lowest BCUT2D eigenvalue weighted by Gasteiger charge is -2.12. The van der Waals surface area contributed by atoms with Gasteiger partial charge in [0.25, 0.3) is 0 Å². The molecule has 6 heteroatoms. The minimum atomic E-state index is -3.84. The number of aliphatic hydroxyl groups excluding tert-OH is 1. The van der Waals surface area contributed by atoms with E-state index < -0.39 is 21.4 Å². The summed E-state index contributed by atoms with van der Waals surface area (Å²) in [5.74, 6) is 4.49. The summed E-state index contributed by atoms with van der Waals surface area (Å²) in [6.07, 6.45) is 1.82. The van der Waals surface area contributed by atoms with Crippen LogP contribution in [0.5, 0.6) is 0 Å². The third kappa shape index (κ3) is 3.57. The molecule has 0 aromatic heterocycles. The van der Waals surface area contributed by atoms with E-state index in [4.69, 9.17) is 5.11 Å².